The van der Waals surface area contributed by atoms with E-state index in [4.69, 9.17) is 16.9 Å². The molecule has 0 bridgehead atoms. The van der Waals surface area contributed by atoms with Crippen molar-refractivity contribution in [1.29, 1.82) is 5.26 Å². The van der Waals surface area contributed by atoms with Crippen LogP contribution in [0.25, 0.3) is 0 Å². The van der Waals surface area contributed by atoms with Crippen molar-refractivity contribution < 1.29 is 17.9 Å². The quantitative estimate of drug-likeness (QED) is 0.435. The number of halogens is 1. The van der Waals surface area contributed by atoms with Crippen LogP contribution in [0.15, 0.2) is 9.94 Å². The third-order valence-corrected chi connectivity index (χ3v) is 4.22. The second kappa shape index (κ2) is 5.87. The summed E-state index contributed by atoms with van der Waals surface area (Å²) in [5.41, 5.74) is 0. The molecular formula is C9H12ClNO4S. The van der Waals surface area contributed by atoms with Gasteiger partial charge < -0.3 is 4.74 Å². The lowest BCUT2D eigenvalue weighted by Crippen LogP contribution is -2.18. The molecule has 0 saturated heterocycles. The van der Waals surface area contributed by atoms with Crippen LogP contribution >= 0.6 is 11.6 Å². The van der Waals surface area contributed by atoms with Gasteiger partial charge in [0.05, 0.1) is 11.9 Å². The molecule has 0 N–H and O–H groups in total. The lowest BCUT2D eigenvalue weighted by atomic mass is 10.5. The number of nitrogens with zero attached hydrogens (tertiary/aromatic N) is 1. The first-order valence-corrected chi connectivity index (χ1v) is 6.42. The predicted molar refractivity (Wildman–Crippen MR) is 59.2 cm³/mol. The summed E-state index contributed by atoms with van der Waals surface area (Å²) in [7, 11) is -3.87. The fraction of sp³-hybridized carbons (Fsp3) is 0.556. The molecule has 0 radical (unpaired) electrons. The number of nitriles is 1. The summed E-state index contributed by atoms with van der Waals surface area (Å²) >= 11 is 5.51. The van der Waals surface area contributed by atoms with Crippen molar-refractivity contribution >= 4 is 27.4 Å². The Kier molecular flexibility index (Phi) is 5.48. The van der Waals surface area contributed by atoms with E-state index in [1.807, 2.05) is 0 Å². The number of allylic oxidation sites excluding steroid dienone is 1. The van der Waals surface area contributed by atoms with Crippen molar-refractivity contribution in [1.82, 2.24) is 0 Å². The first kappa shape index (κ1) is 14.9. The van der Waals surface area contributed by atoms with E-state index < -0.39 is 31.0 Å². The Bertz CT molecular complexity index is 445. The van der Waals surface area contributed by atoms with Gasteiger partial charge in [0.1, 0.15) is 6.07 Å². The van der Waals surface area contributed by atoms with Gasteiger partial charge in [0.15, 0.2) is 19.8 Å². The molecule has 0 aromatic heterocycles. The van der Waals surface area contributed by atoms with Gasteiger partial charge in [-0.1, -0.05) is 11.6 Å². The van der Waals surface area contributed by atoms with Crippen molar-refractivity contribution in [2.24, 2.45) is 0 Å². The average Bonchev–Trinajstić information content (AvgIpc) is 2.18. The van der Waals surface area contributed by atoms with Crippen LogP contribution in [0.1, 0.15) is 20.8 Å². The molecule has 7 heteroatoms. The zero-order valence-electron chi connectivity index (χ0n) is 9.15. The molecule has 16 heavy (non-hydrogen) atoms. The van der Waals surface area contributed by atoms with Crippen molar-refractivity contribution in [3.8, 4) is 6.07 Å². The number of hydrogen-bond donors (Lipinski definition) is 0. The second-order valence-corrected chi connectivity index (χ2v) is 5.89. The first-order chi connectivity index (χ1) is 7.28. The minimum atomic E-state index is -3.87. The van der Waals surface area contributed by atoms with Crippen LogP contribution in [0.5, 0.6) is 0 Å². The van der Waals surface area contributed by atoms with Crippen LogP contribution in [-0.4, -0.2) is 26.2 Å². The molecule has 0 heterocycles. The van der Waals surface area contributed by atoms with Gasteiger partial charge in [-0.3, -0.25) is 0 Å². The molecule has 0 atom stereocenters. The smallest absolute Gasteiger partial charge is 0.351 e. The Labute approximate surface area is 99.6 Å². The third kappa shape index (κ3) is 3.22. The highest BCUT2D eigenvalue weighted by atomic mass is 35.5. The monoisotopic (exact) mass is 265 g/mol. The van der Waals surface area contributed by atoms with Gasteiger partial charge in [-0.15, -0.1) is 0 Å². The Morgan fingerprint density at radius 2 is 2.00 bits per heavy atom. The fourth-order valence-electron chi connectivity index (χ4n) is 0.760. The number of hydrogen-bond acceptors (Lipinski definition) is 5. The van der Waals surface area contributed by atoms with Crippen LogP contribution in [0.2, 0.25) is 0 Å². The van der Waals surface area contributed by atoms with Crippen LogP contribution in [0.3, 0.4) is 0 Å². The summed E-state index contributed by atoms with van der Waals surface area (Å²) in [5.74, 6) is -1.01. The molecule has 0 aliphatic heterocycles. The van der Waals surface area contributed by atoms with Gasteiger partial charge in [0.25, 0.3) is 0 Å². The van der Waals surface area contributed by atoms with E-state index in [-0.39, 0.29) is 6.61 Å². The van der Waals surface area contributed by atoms with E-state index in [0.717, 1.165) is 0 Å². The maximum Gasteiger partial charge on any atom is 0.351 e. The summed E-state index contributed by atoms with van der Waals surface area (Å²) in [4.78, 5) is 10.4. The Morgan fingerprint density at radius 3 is 2.31 bits per heavy atom. The standard InChI is InChI=1S/C9H12ClNO4S/c1-4-15-9(12)8(10)7(5-11)16(13,14)6(2)3/h6H,4H2,1-3H3. The van der Waals surface area contributed by atoms with Crippen LogP contribution in [0, 0.1) is 11.3 Å². The number of carbonyl (C=O) groups is 1. The Balaban J connectivity index is 5.55. The van der Waals surface area contributed by atoms with Crippen molar-refractivity contribution in [3.63, 3.8) is 0 Å². The molecule has 0 spiro atoms. The van der Waals surface area contributed by atoms with Gasteiger partial charge in [0, 0.05) is 0 Å². The van der Waals surface area contributed by atoms with Crippen molar-refractivity contribution in [3.05, 3.63) is 9.94 Å². The summed E-state index contributed by atoms with van der Waals surface area (Å²) in [6.07, 6.45) is 0. The molecule has 0 aliphatic rings. The summed E-state index contributed by atoms with van der Waals surface area (Å²) in [5, 5.41) is 7.19. The third-order valence-electron chi connectivity index (χ3n) is 1.66. The molecule has 90 valence electrons. The molecule has 0 rings (SSSR count). The maximum atomic E-state index is 11.6. The topological polar surface area (TPSA) is 84.2 Å². The molecule has 0 aromatic rings. The van der Waals surface area contributed by atoms with E-state index in [1.165, 1.54) is 19.9 Å². The minimum absolute atomic E-state index is 0.0511. The van der Waals surface area contributed by atoms with E-state index >= 15 is 0 Å². The van der Waals surface area contributed by atoms with Crippen LogP contribution < -0.4 is 0 Å². The van der Waals surface area contributed by atoms with Gasteiger partial charge in [-0.25, -0.2) is 13.2 Å². The van der Waals surface area contributed by atoms with Crippen molar-refractivity contribution in [2.45, 2.75) is 26.0 Å². The van der Waals surface area contributed by atoms with Crippen LogP contribution in [0.4, 0.5) is 0 Å². The normalized spacial score (nSPS) is 13.0. The largest absolute Gasteiger partial charge is 0.462 e. The molecule has 0 aromatic carbocycles. The van der Waals surface area contributed by atoms with Gasteiger partial charge in [0.2, 0.25) is 0 Å². The lowest BCUT2D eigenvalue weighted by Gasteiger charge is -2.07. The number of esters is 1. The second-order valence-electron chi connectivity index (χ2n) is 3.07. The Morgan fingerprint density at radius 1 is 1.50 bits per heavy atom. The molecule has 0 saturated carbocycles. The number of carbonyl (C=O) groups excluding carboxylic acids is 1. The van der Waals surface area contributed by atoms with Gasteiger partial charge in [-0.2, -0.15) is 5.26 Å². The van der Waals surface area contributed by atoms with E-state index in [1.54, 1.807) is 6.92 Å². The molecular weight excluding hydrogens is 254 g/mol. The molecule has 0 fully saturated rings. The molecule has 0 unspecified atom stereocenters. The van der Waals surface area contributed by atoms with E-state index in [2.05, 4.69) is 4.74 Å². The summed E-state index contributed by atoms with van der Waals surface area (Å²) in [6, 6.07) is 1.42. The van der Waals surface area contributed by atoms with Crippen LogP contribution in [-0.2, 0) is 19.4 Å². The molecule has 0 amide bonds. The molecule has 0 aliphatic carbocycles. The van der Waals surface area contributed by atoms with Gasteiger partial charge >= 0.3 is 5.97 Å². The summed E-state index contributed by atoms with van der Waals surface area (Å²) in [6.45, 7) is 4.38. The van der Waals surface area contributed by atoms with Gasteiger partial charge in [-0.05, 0) is 20.8 Å². The zero-order chi connectivity index (χ0) is 12.9. The highest BCUT2D eigenvalue weighted by Gasteiger charge is 2.28. The van der Waals surface area contributed by atoms with Crippen molar-refractivity contribution in [2.75, 3.05) is 6.61 Å². The number of rotatable bonds is 4. The van der Waals surface area contributed by atoms with E-state index in [9.17, 15) is 13.2 Å². The lowest BCUT2D eigenvalue weighted by molar-refractivity contribution is -0.137. The predicted octanol–water partition coefficient (Wildman–Crippen LogP) is 1.35. The number of ether oxygens (including phenoxy) is 1. The first-order valence-electron chi connectivity index (χ1n) is 4.49. The zero-order valence-corrected chi connectivity index (χ0v) is 10.7. The highest BCUT2D eigenvalue weighted by molar-refractivity contribution is 7.96. The average molecular weight is 266 g/mol. The van der Waals surface area contributed by atoms with E-state index in [0.29, 0.717) is 0 Å². The number of sulfone groups is 1. The maximum absolute atomic E-state index is 11.6. The SMILES string of the molecule is CCOC(=O)C(Cl)=C(C#N)S(=O)(=O)C(C)C. The highest BCUT2D eigenvalue weighted by Crippen LogP contribution is 2.20. The fourth-order valence-corrected chi connectivity index (χ4v) is 2.11. The minimum Gasteiger partial charge on any atom is -0.462 e. The molecule has 5 nitrogen and oxygen atoms in total. The summed E-state index contributed by atoms with van der Waals surface area (Å²) < 4.78 is 27.8. The Hall–Kier alpha value is -1.06.